The van der Waals surface area contributed by atoms with Crippen molar-refractivity contribution in [3.63, 3.8) is 0 Å². The van der Waals surface area contributed by atoms with Crippen molar-refractivity contribution in [3.8, 4) is 23.1 Å². The van der Waals surface area contributed by atoms with Crippen LogP contribution >= 0.6 is 0 Å². The molecular weight excluding hydrogens is 395 g/mol. The van der Waals surface area contributed by atoms with Gasteiger partial charge < -0.3 is 14.6 Å². The van der Waals surface area contributed by atoms with Crippen molar-refractivity contribution in [3.05, 3.63) is 54.1 Å². The van der Waals surface area contributed by atoms with E-state index in [9.17, 15) is 23.2 Å². The predicted molar refractivity (Wildman–Crippen MR) is 105 cm³/mol. The first-order valence-electron chi connectivity index (χ1n) is 9.43. The van der Waals surface area contributed by atoms with Crippen LogP contribution in [0.25, 0.3) is 22.2 Å². The van der Waals surface area contributed by atoms with Gasteiger partial charge in [-0.2, -0.15) is 18.4 Å². The Morgan fingerprint density at radius 1 is 1.13 bits per heavy atom. The maximum atomic E-state index is 14.0. The van der Waals surface area contributed by atoms with Crippen LogP contribution in [0.15, 0.2) is 48.5 Å². The zero-order valence-electron chi connectivity index (χ0n) is 15.9. The molecule has 2 aromatic carbocycles. The summed E-state index contributed by atoms with van der Waals surface area (Å²) in [6, 6.07) is 15.6. The summed E-state index contributed by atoms with van der Waals surface area (Å²) in [5, 5.41) is 10.00. The number of hydrogen-bond acceptors (Lipinski definition) is 3. The molecule has 1 amide bonds. The minimum atomic E-state index is -4.59. The van der Waals surface area contributed by atoms with E-state index in [4.69, 9.17) is 4.74 Å². The summed E-state index contributed by atoms with van der Waals surface area (Å²) in [5.41, 5.74) is -0.151. The van der Waals surface area contributed by atoms with Crippen molar-refractivity contribution < 1.29 is 22.7 Å². The molecule has 30 heavy (non-hydrogen) atoms. The lowest BCUT2D eigenvalue weighted by molar-refractivity contribution is -0.260. The van der Waals surface area contributed by atoms with Gasteiger partial charge in [-0.15, -0.1) is 0 Å². The highest BCUT2D eigenvalue weighted by Gasteiger charge is 2.58. The van der Waals surface area contributed by atoms with Crippen LogP contribution in [0.3, 0.4) is 0 Å². The first kappa shape index (κ1) is 19.8. The number of aromatic amines is 1. The number of nitrogens with zero attached hydrogens (tertiary/aromatic N) is 2. The number of amides is 1. The van der Waals surface area contributed by atoms with E-state index < -0.39 is 11.8 Å². The van der Waals surface area contributed by atoms with E-state index in [0.717, 1.165) is 0 Å². The molecule has 1 aliphatic rings. The summed E-state index contributed by atoms with van der Waals surface area (Å²) < 4.78 is 47.8. The second kappa shape index (κ2) is 7.41. The summed E-state index contributed by atoms with van der Waals surface area (Å²) >= 11 is 0. The molecule has 8 heteroatoms. The van der Waals surface area contributed by atoms with E-state index in [-0.39, 0.29) is 31.7 Å². The van der Waals surface area contributed by atoms with E-state index >= 15 is 0 Å². The third kappa shape index (κ3) is 3.36. The van der Waals surface area contributed by atoms with Crippen molar-refractivity contribution in [2.24, 2.45) is 0 Å². The molecule has 0 unspecified atom stereocenters. The van der Waals surface area contributed by atoms with Crippen molar-refractivity contribution in [2.75, 3.05) is 13.1 Å². The SMILES string of the molecule is N#Cc1cccc2[nH]c(-c3ccccc3OC3(C(F)(F)F)CCN(C=O)CC3)cc12. The number of H-pyrrole nitrogens is 1. The summed E-state index contributed by atoms with van der Waals surface area (Å²) in [4.78, 5) is 15.4. The Bertz CT molecular complexity index is 1120. The number of aromatic nitrogens is 1. The molecule has 0 spiro atoms. The van der Waals surface area contributed by atoms with E-state index in [1.165, 1.54) is 11.0 Å². The molecule has 0 saturated carbocycles. The lowest BCUT2D eigenvalue weighted by atomic mass is 9.90. The molecule has 1 aromatic heterocycles. The van der Waals surface area contributed by atoms with Gasteiger partial charge in [-0.1, -0.05) is 18.2 Å². The molecule has 0 bridgehead atoms. The Labute approximate surface area is 170 Å². The fourth-order valence-corrected chi connectivity index (χ4v) is 3.82. The minimum absolute atomic E-state index is 0.0247. The second-order valence-electron chi connectivity index (χ2n) is 7.29. The van der Waals surface area contributed by atoms with Crippen LogP contribution in [-0.2, 0) is 4.79 Å². The average molecular weight is 413 g/mol. The Kier molecular flexibility index (Phi) is 4.90. The summed E-state index contributed by atoms with van der Waals surface area (Å²) in [6.07, 6.45) is -4.71. The molecule has 154 valence electrons. The molecule has 3 aromatic rings. The van der Waals surface area contributed by atoms with E-state index in [0.29, 0.717) is 34.1 Å². The molecule has 0 atom stereocenters. The second-order valence-corrected chi connectivity index (χ2v) is 7.29. The van der Waals surface area contributed by atoms with Gasteiger partial charge in [0.15, 0.2) is 0 Å². The van der Waals surface area contributed by atoms with Gasteiger partial charge in [-0.05, 0) is 30.3 Å². The summed E-state index contributed by atoms with van der Waals surface area (Å²) in [5.74, 6) is 0.0967. The predicted octanol–water partition coefficient (Wildman–Crippen LogP) is 4.64. The van der Waals surface area contributed by atoms with Crippen molar-refractivity contribution in [1.29, 1.82) is 5.26 Å². The third-order valence-corrected chi connectivity index (χ3v) is 5.54. The minimum Gasteiger partial charge on any atom is -0.477 e. The number of rotatable bonds is 4. The number of carbonyl (C=O) groups excluding carboxylic acids is 1. The van der Waals surface area contributed by atoms with Crippen LogP contribution < -0.4 is 4.74 Å². The third-order valence-electron chi connectivity index (χ3n) is 5.54. The van der Waals surface area contributed by atoms with Crippen molar-refractivity contribution in [1.82, 2.24) is 9.88 Å². The smallest absolute Gasteiger partial charge is 0.428 e. The number of nitrogens with one attached hydrogen (secondary N) is 1. The zero-order valence-corrected chi connectivity index (χ0v) is 15.9. The number of benzene rings is 2. The van der Waals surface area contributed by atoms with Gasteiger partial charge in [0.1, 0.15) is 5.75 Å². The highest BCUT2D eigenvalue weighted by atomic mass is 19.4. The zero-order chi connectivity index (χ0) is 21.4. The number of nitriles is 1. The maximum Gasteiger partial charge on any atom is 0.428 e. The monoisotopic (exact) mass is 413 g/mol. The maximum absolute atomic E-state index is 14.0. The molecule has 5 nitrogen and oxygen atoms in total. The number of hydrogen-bond donors (Lipinski definition) is 1. The number of para-hydroxylation sites is 1. The summed E-state index contributed by atoms with van der Waals surface area (Å²) in [6.45, 7) is -0.0494. The fraction of sp³-hybridized carbons (Fsp3) is 0.273. The Morgan fingerprint density at radius 3 is 2.53 bits per heavy atom. The van der Waals surface area contributed by atoms with E-state index in [1.54, 1.807) is 42.5 Å². The molecule has 0 aliphatic carbocycles. The van der Waals surface area contributed by atoms with Gasteiger partial charge >= 0.3 is 6.18 Å². The molecular formula is C22H18F3N3O2. The molecule has 0 radical (unpaired) electrons. The molecule has 2 heterocycles. The number of ether oxygens (including phenoxy) is 1. The average Bonchev–Trinajstić information content (AvgIpc) is 3.18. The summed E-state index contributed by atoms with van der Waals surface area (Å²) in [7, 11) is 0. The van der Waals surface area contributed by atoms with Crippen LogP contribution in [0.2, 0.25) is 0 Å². The highest BCUT2D eigenvalue weighted by molar-refractivity contribution is 5.91. The Morgan fingerprint density at radius 2 is 1.87 bits per heavy atom. The van der Waals surface area contributed by atoms with Crippen LogP contribution in [0.5, 0.6) is 5.75 Å². The van der Waals surface area contributed by atoms with Crippen LogP contribution in [0.4, 0.5) is 13.2 Å². The quantitative estimate of drug-likeness (QED) is 0.634. The van der Waals surface area contributed by atoms with Gasteiger partial charge in [0, 0.05) is 42.4 Å². The number of carbonyl (C=O) groups is 1. The molecule has 1 aliphatic heterocycles. The van der Waals surface area contributed by atoms with Gasteiger partial charge in [-0.25, -0.2) is 0 Å². The van der Waals surface area contributed by atoms with Gasteiger partial charge in [0.05, 0.1) is 17.3 Å². The van der Waals surface area contributed by atoms with E-state index in [1.807, 2.05) is 0 Å². The van der Waals surface area contributed by atoms with Crippen molar-refractivity contribution >= 4 is 17.3 Å². The van der Waals surface area contributed by atoms with Crippen LogP contribution in [-0.4, -0.2) is 41.2 Å². The number of piperidine rings is 1. The van der Waals surface area contributed by atoms with Crippen LogP contribution in [0, 0.1) is 11.3 Å². The molecule has 1 fully saturated rings. The van der Waals surface area contributed by atoms with E-state index in [2.05, 4.69) is 11.1 Å². The first-order valence-corrected chi connectivity index (χ1v) is 9.43. The lowest BCUT2D eigenvalue weighted by Crippen LogP contribution is -2.57. The highest BCUT2D eigenvalue weighted by Crippen LogP contribution is 2.44. The number of alkyl halides is 3. The normalized spacial score (nSPS) is 16.3. The lowest BCUT2D eigenvalue weighted by Gasteiger charge is -2.41. The Balaban J connectivity index is 1.75. The standard InChI is InChI=1S/C22H18F3N3O2/c23-22(24,25)21(8-10-28(14-29)11-9-21)30-20-7-2-1-5-16(20)19-12-17-15(13-26)4-3-6-18(17)27-19/h1-7,12,14,27H,8-11H2. The number of halogens is 3. The number of likely N-dealkylation sites (tertiary alicyclic amines) is 1. The molecule has 1 saturated heterocycles. The first-order chi connectivity index (χ1) is 14.4. The Hall–Kier alpha value is -3.47. The van der Waals surface area contributed by atoms with Gasteiger partial charge in [0.2, 0.25) is 12.0 Å². The fourth-order valence-electron chi connectivity index (χ4n) is 3.82. The topological polar surface area (TPSA) is 69.1 Å². The largest absolute Gasteiger partial charge is 0.477 e. The molecule has 1 N–H and O–H groups in total. The van der Waals surface area contributed by atoms with Crippen molar-refractivity contribution in [2.45, 2.75) is 24.6 Å². The molecule has 4 rings (SSSR count). The van der Waals surface area contributed by atoms with Crippen LogP contribution in [0.1, 0.15) is 18.4 Å². The van der Waals surface area contributed by atoms with Gasteiger partial charge in [-0.3, -0.25) is 4.79 Å². The number of fused-ring (bicyclic) bond motifs is 1. The van der Waals surface area contributed by atoms with Gasteiger partial charge in [0.25, 0.3) is 0 Å².